The fraction of sp³-hybridized carbons (Fsp3) is 0.107. The molecule has 42 heteroatoms. The van der Waals surface area contributed by atoms with Crippen LogP contribution < -0.4 is 30.1 Å². The second kappa shape index (κ2) is 28.2. The van der Waals surface area contributed by atoms with Gasteiger partial charge in [0, 0.05) is 23.5 Å². The Morgan fingerprint density at radius 2 is 0.755 bits per heavy atom. The molecule has 0 fully saturated rings. The van der Waals surface area contributed by atoms with E-state index >= 15 is 0 Å². The van der Waals surface area contributed by atoms with E-state index < -0.39 is 149 Å². The molecule has 0 aromatic heterocycles. The number of hydrogen-bond acceptors (Lipinski definition) is 24. The van der Waals surface area contributed by atoms with Crippen molar-refractivity contribution in [3.63, 3.8) is 0 Å². The van der Waals surface area contributed by atoms with Crippen molar-refractivity contribution >= 4 is 166 Å². The molecule has 6 aromatic rings. The molecule has 2 atom stereocenters. The van der Waals surface area contributed by atoms with Gasteiger partial charge >= 0.3 is 11.9 Å². The number of hydrogen-bond donors (Lipinski definition) is 10. The number of carboxylic acids is 2. The summed E-state index contributed by atoms with van der Waals surface area (Å²) in [6, 6.07) is 14.8. The van der Waals surface area contributed by atoms with E-state index in [9.17, 15) is 108 Å². The number of sulfonamides is 2. The summed E-state index contributed by atoms with van der Waals surface area (Å²) in [5.41, 5.74) is -4.28. The quantitative estimate of drug-likeness (QED) is 0.0163. The summed E-state index contributed by atoms with van der Waals surface area (Å²) in [7, 11) is -26.6. The van der Waals surface area contributed by atoms with Crippen LogP contribution in [0.4, 0.5) is 34.1 Å². The average Bonchev–Trinajstić information content (AvgIpc) is 1.54. The highest BCUT2D eigenvalue weighted by molar-refractivity contribution is 7.90. The lowest BCUT2D eigenvalue weighted by Crippen LogP contribution is -2.29. The molecular weight excluding hydrogens is 1420 g/mol. The van der Waals surface area contributed by atoms with Gasteiger partial charge in [-0.05, 0) is 135 Å². The Kier molecular flexibility index (Phi) is 21.1. The fourth-order valence-electron chi connectivity index (χ4n) is 8.96. The lowest BCUT2D eigenvalue weighted by molar-refractivity contribution is -0.118. The number of aromatic carboxylic acids is 2. The maximum atomic E-state index is 13.6. The minimum absolute atomic E-state index is 0.0206. The first-order valence-corrected chi connectivity index (χ1v) is 35.7. The number of azo groups is 2. The Morgan fingerprint density at radius 1 is 0.449 bits per heavy atom. The molecule has 0 saturated carbocycles. The number of benzene rings is 6. The van der Waals surface area contributed by atoms with Crippen LogP contribution in [-0.4, -0.2) is 152 Å². The summed E-state index contributed by atoms with van der Waals surface area (Å²) in [4.78, 5) is 72.7. The molecule has 0 saturated heterocycles. The lowest BCUT2D eigenvalue weighted by Gasteiger charge is -2.15. The number of amides is 4. The Bertz CT molecular complexity index is 5060. The number of hydrazone groups is 2. The predicted octanol–water partition coefficient (Wildman–Crippen LogP) is 5.11. The van der Waals surface area contributed by atoms with Gasteiger partial charge < -0.3 is 20.8 Å². The fourth-order valence-corrected chi connectivity index (χ4v) is 13.3. The highest BCUT2D eigenvalue weighted by Crippen LogP contribution is 2.34. The summed E-state index contributed by atoms with van der Waals surface area (Å²) < 4.78 is 195. The van der Waals surface area contributed by atoms with Crippen molar-refractivity contribution in [2.45, 2.75) is 55.3 Å². The lowest BCUT2D eigenvalue weighted by atomic mass is 10.1. The van der Waals surface area contributed by atoms with E-state index in [1.807, 2.05) is 9.44 Å². The molecule has 2 heterocycles. The molecule has 4 amide bonds. The minimum Gasteiger partial charge on any atom is -0.478 e. The highest BCUT2D eigenvalue weighted by atomic mass is 32.2. The number of nitrogens with one attached hydrogen (secondary N) is 4. The number of nitrogens with zero attached hydrogens (tertiary/aromatic N) is 8. The van der Waals surface area contributed by atoms with E-state index in [1.165, 1.54) is 26.0 Å². The van der Waals surface area contributed by atoms with Gasteiger partial charge in [-0.3, -0.25) is 37.4 Å². The Hall–Kier alpha value is -10.6. The van der Waals surface area contributed by atoms with Gasteiger partial charge in [-0.15, -0.1) is 0 Å². The number of carbonyl (C=O) groups is 6. The summed E-state index contributed by atoms with van der Waals surface area (Å²) >= 11 is 0. The molecule has 36 nitrogen and oxygen atoms in total. The molecule has 2 aliphatic rings. The maximum Gasteiger partial charge on any atom is 0.338 e. The van der Waals surface area contributed by atoms with Crippen molar-refractivity contribution in [2.75, 3.05) is 34.7 Å². The van der Waals surface area contributed by atoms with Gasteiger partial charge in [0.15, 0.2) is 12.1 Å². The summed E-state index contributed by atoms with van der Waals surface area (Å²) in [6.07, 6.45) is 5.27. The molecule has 0 aliphatic carbocycles. The Balaban J connectivity index is 0.932. The number of anilines is 4. The van der Waals surface area contributed by atoms with E-state index in [4.69, 9.17) is 0 Å². The number of rotatable bonds is 24. The molecule has 2 unspecified atom stereocenters. The molecule has 98 heavy (non-hydrogen) atoms. The van der Waals surface area contributed by atoms with Crippen molar-refractivity contribution in [1.29, 1.82) is 0 Å². The van der Waals surface area contributed by atoms with Gasteiger partial charge in [-0.2, -0.15) is 74.3 Å². The van der Waals surface area contributed by atoms with Crippen LogP contribution in [0.3, 0.4) is 0 Å². The maximum absolute atomic E-state index is 13.6. The third-order valence-electron chi connectivity index (χ3n) is 13.7. The molecule has 8 rings (SSSR count). The van der Waals surface area contributed by atoms with Crippen molar-refractivity contribution in [1.82, 2.24) is 9.44 Å². The van der Waals surface area contributed by atoms with Crippen LogP contribution >= 0.6 is 0 Å². The van der Waals surface area contributed by atoms with Crippen molar-refractivity contribution in [3.8, 4) is 0 Å². The van der Waals surface area contributed by atoms with Crippen LogP contribution in [0.15, 0.2) is 181 Å². The van der Waals surface area contributed by atoms with Crippen LogP contribution in [0.25, 0.3) is 24.3 Å². The second-order valence-electron chi connectivity index (χ2n) is 20.2. The zero-order valence-electron chi connectivity index (χ0n) is 50.1. The van der Waals surface area contributed by atoms with Gasteiger partial charge in [-0.25, -0.2) is 35.9 Å². The zero-order valence-corrected chi connectivity index (χ0v) is 55.0. The summed E-state index contributed by atoms with van der Waals surface area (Å²) in [6.45, 7) is 2.67. The SMILES string of the molecule is CNS(=O)(=O)c1ccc(N=NC2C(=O)N(c3ccc(C=Cc4ccc(NC(=O)C=CC(=O)Nc5ccc(C=Cc6ccc(N7N=C(C)C(N=Nc8ccc(S(=O)(=O)NC)cc8C(=O)O)C7=O)cc6S(=O)(=O)O)c(S(=O)(=O)O)c5)cc4S(=O)(=O)O)c(S(=O)(=O)O)c3)N=C2C)c(C(=O)O)c1. The topological polar surface area (TPSA) is 557 Å². The first kappa shape index (κ1) is 73.2. The Labute approximate surface area is 555 Å². The van der Waals surface area contributed by atoms with E-state index in [-0.39, 0.29) is 67.8 Å². The molecule has 10 N–H and O–H groups in total. The normalized spacial score (nSPS) is 15.9. The third kappa shape index (κ3) is 16.8. The molecule has 0 spiro atoms. The largest absolute Gasteiger partial charge is 0.478 e. The van der Waals surface area contributed by atoms with Gasteiger partial charge in [0.1, 0.15) is 19.6 Å². The number of carbonyl (C=O) groups excluding carboxylic acids is 4. The van der Waals surface area contributed by atoms with Crippen LogP contribution in [0.5, 0.6) is 0 Å². The van der Waals surface area contributed by atoms with Gasteiger partial charge in [-0.1, -0.05) is 48.6 Å². The standard InChI is InChI=1S/C56H48N12O24S6/c1-29-51(63-61-43-19-17-39(93(77,78)57-3)27-41(43)55(73)74)53(71)67(65-29)37-15-11-33(47(25-37)97(87,88)89)7-5-31-9-13-35(23-45(31)95(81,82)83)59-49(69)21-22-50(70)60-36-14-10-32(46(24-36)96(84,85)86)6-8-34-12-16-38(26-48(34)98(90,91)92)68-54(72)52(30(2)66-68)64-62-44-20-18-40(94(79,80)58-4)28-42(44)56(75)76/h5-28,51-52,57-58H,1-4H3,(H,59,69)(H,60,70)(H,73,74)(H,75,76)(H,81,82,83)(H,84,85,86)(H,87,88,89)(H,90,91,92). The Morgan fingerprint density at radius 3 is 1.05 bits per heavy atom. The first-order valence-electron chi connectivity index (χ1n) is 27.0. The van der Waals surface area contributed by atoms with Crippen molar-refractivity contribution in [3.05, 3.63) is 155 Å². The van der Waals surface area contributed by atoms with E-state index in [1.54, 1.807) is 0 Å². The molecule has 0 radical (unpaired) electrons. The third-order valence-corrected chi connectivity index (χ3v) is 20.2. The zero-order chi connectivity index (χ0) is 72.4. The first-order chi connectivity index (χ1) is 45.6. The van der Waals surface area contributed by atoms with Crippen LogP contribution in [0, 0.1) is 0 Å². The van der Waals surface area contributed by atoms with Crippen molar-refractivity contribution < 1.29 is 108 Å². The monoisotopic (exact) mass is 1460 g/mol. The average molecular weight is 1470 g/mol. The van der Waals surface area contributed by atoms with Gasteiger partial charge in [0.05, 0.1) is 55.1 Å². The van der Waals surface area contributed by atoms with Crippen molar-refractivity contribution in [2.24, 2.45) is 30.7 Å². The molecule has 0 bridgehead atoms. The summed E-state index contributed by atoms with van der Waals surface area (Å²) in [5, 5.41) is 48.9. The van der Waals surface area contributed by atoms with Crippen LogP contribution in [-0.2, 0) is 79.7 Å². The van der Waals surface area contributed by atoms with Crippen LogP contribution in [0.2, 0.25) is 0 Å². The molecule has 512 valence electrons. The molecule has 2 aliphatic heterocycles. The molecule has 6 aromatic carbocycles. The smallest absolute Gasteiger partial charge is 0.338 e. The van der Waals surface area contributed by atoms with E-state index in [0.29, 0.717) is 22.2 Å². The van der Waals surface area contributed by atoms with E-state index in [0.717, 1.165) is 135 Å². The minimum atomic E-state index is -5.16. The van der Waals surface area contributed by atoms with Crippen LogP contribution in [0.1, 0.15) is 56.8 Å². The molecular formula is C56H48N12O24S6. The number of carboxylic acid groups (broad SMARTS) is 2. The van der Waals surface area contributed by atoms with Gasteiger partial charge in [0.2, 0.25) is 31.9 Å². The van der Waals surface area contributed by atoms with E-state index in [2.05, 4.69) is 41.3 Å². The van der Waals surface area contributed by atoms with Gasteiger partial charge in [0.25, 0.3) is 52.3 Å². The predicted molar refractivity (Wildman–Crippen MR) is 346 cm³/mol. The second-order valence-corrected chi connectivity index (χ2v) is 29.6. The summed E-state index contributed by atoms with van der Waals surface area (Å²) in [5.74, 6) is -7.20. The highest BCUT2D eigenvalue weighted by Gasteiger charge is 2.38.